The van der Waals surface area contributed by atoms with Gasteiger partial charge in [-0.1, -0.05) is 13.0 Å². The molecule has 0 aliphatic carbocycles. The molecule has 0 bridgehead atoms. The summed E-state index contributed by atoms with van der Waals surface area (Å²) in [5.41, 5.74) is -0.235. The molecule has 7 nitrogen and oxygen atoms in total. The second-order valence-electron chi connectivity index (χ2n) is 3.49. The summed E-state index contributed by atoms with van der Waals surface area (Å²) in [7, 11) is 0. The summed E-state index contributed by atoms with van der Waals surface area (Å²) < 4.78 is 5.26. The van der Waals surface area contributed by atoms with Gasteiger partial charge in [0.2, 0.25) is 5.95 Å². The molecule has 0 radical (unpaired) electrons. The number of ether oxygens (including phenoxy) is 1. The van der Waals surface area contributed by atoms with Crippen molar-refractivity contribution in [2.75, 3.05) is 18.5 Å². The standard InChI is InChI=1S/C11H16N4O3/c1-3-5-7-18-10-9(15(16)17)8-13-11(14-10)12-6-4-2/h3,8H,1,4-7H2,2H3,(H,12,13,14). The molecule has 0 saturated carbocycles. The first-order valence-corrected chi connectivity index (χ1v) is 5.68. The van der Waals surface area contributed by atoms with E-state index in [1.165, 1.54) is 0 Å². The molecule has 1 N–H and O–H groups in total. The van der Waals surface area contributed by atoms with Gasteiger partial charge in [-0.05, 0) is 12.8 Å². The molecule has 1 heterocycles. The fourth-order valence-corrected chi connectivity index (χ4v) is 1.15. The lowest BCUT2D eigenvalue weighted by Gasteiger charge is -2.07. The van der Waals surface area contributed by atoms with E-state index in [0.717, 1.165) is 12.6 Å². The highest BCUT2D eigenvalue weighted by Crippen LogP contribution is 2.24. The van der Waals surface area contributed by atoms with Gasteiger partial charge in [0.25, 0.3) is 5.88 Å². The van der Waals surface area contributed by atoms with Crippen molar-refractivity contribution in [2.45, 2.75) is 19.8 Å². The molecule has 0 unspecified atom stereocenters. The van der Waals surface area contributed by atoms with Gasteiger partial charge in [0, 0.05) is 6.54 Å². The molecule has 98 valence electrons. The van der Waals surface area contributed by atoms with Crippen LogP contribution in [-0.4, -0.2) is 28.0 Å². The molecule has 0 spiro atoms. The summed E-state index contributed by atoms with van der Waals surface area (Å²) in [4.78, 5) is 18.1. The Morgan fingerprint density at radius 2 is 2.44 bits per heavy atom. The Balaban J connectivity index is 2.85. The quantitative estimate of drug-likeness (QED) is 0.330. The van der Waals surface area contributed by atoms with Gasteiger partial charge in [-0.15, -0.1) is 6.58 Å². The third-order valence-corrected chi connectivity index (χ3v) is 2.03. The third-order valence-electron chi connectivity index (χ3n) is 2.03. The van der Waals surface area contributed by atoms with Gasteiger partial charge < -0.3 is 10.1 Å². The predicted octanol–water partition coefficient (Wildman–Crippen LogP) is 2.16. The number of hydrogen-bond acceptors (Lipinski definition) is 6. The molecule has 0 aliphatic heterocycles. The minimum absolute atomic E-state index is 0.0181. The Morgan fingerprint density at radius 1 is 1.67 bits per heavy atom. The zero-order valence-electron chi connectivity index (χ0n) is 10.3. The zero-order chi connectivity index (χ0) is 13.4. The fourth-order valence-electron chi connectivity index (χ4n) is 1.15. The van der Waals surface area contributed by atoms with Crippen molar-refractivity contribution < 1.29 is 9.66 Å². The normalized spacial score (nSPS) is 9.83. The lowest BCUT2D eigenvalue weighted by molar-refractivity contribution is -0.386. The van der Waals surface area contributed by atoms with Crippen LogP contribution in [-0.2, 0) is 0 Å². The second kappa shape index (κ2) is 7.21. The van der Waals surface area contributed by atoms with Crippen LogP contribution in [0.15, 0.2) is 18.9 Å². The number of hydrogen-bond donors (Lipinski definition) is 1. The van der Waals surface area contributed by atoms with Crippen molar-refractivity contribution in [1.29, 1.82) is 0 Å². The monoisotopic (exact) mass is 252 g/mol. The van der Waals surface area contributed by atoms with E-state index in [9.17, 15) is 10.1 Å². The largest absolute Gasteiger partial charge is 0.472 e. The van der Waals surface area contributed by atoms with Crippen molar-refractivity contribution >= 4 is 11.6 Å². The summed E-state index contributed by atoms with van der Waals surface area (Å²) in [6, 6.07) is 0. The molecule has 1 aromatic heterocycles. The van der Waals surface area contributed by atoms with Gasteiger partial charge in [0.05, 0.1) is 11.5 Å². The number of aromatic nitrogens is 2. The molecule has 0 amide bonds. The van der Waals surface area contributed by atoms with Crippen LogP contribution < -0.4 is 10.1 Å². The van der Waals surface area contributed by atoms with E-state index < -0.39 is 4.92 Å². The van der Waals surface area contributed by atoms with Gasteiger partial charge in [0.1, 0.15) is 6.20 Å². The van der Waals surface area contributed by atoms with Gasteiger partial charge in [0.15, 0.2) is 0 Å². The number of nitrogens with one attached hydrogen (secondary N) is 1. The lowest BCUT2D eigenvalue weighted by atomic mass is 10.4. The molecular weight excluding hydrogens is 236 g/mol. The minimum Gasteiger partial charge on any atom is -0.472 e. The molecule has 1 rings (SSSR count). The van der Waals surface area contributed by atoms with Crippen molar-refractivity contribution in [1.82, 2.24) is 9.97 Å². The van der Waals surface area contributed by atoms with Gasteiger partial charge in [-0.3, -0.25) is 10.1 Å². The Hall–Kier alpha value is -2.18. The first-order valence-electron chi connectivity index (χ1n) is 5.68. The van der Waals surface area contributed by atoms with Gasteiger partial charge in [-0.25, -0.2) is 4.98 Å². The smallest absolute Gasteiger partial charge is 0.349 e. The average Bonchev–Trinajstić information content (AvgIpc) is 2.36. The van der Waals surface area contributed by atoms with E-state index in [1.807, 2.05) is 6.92 Å². The van der Waals surface area contributed by atoms with Crippen LogP contribution in [0.1, 0.15) is 19.8 Å². The maximum Gasteiger partial charge on any atom is 0.349 e. The van der Waals surface area contributed by atoms with Crippen LogP contribution in [0, 0.1) is 10.1 Å². The van der Waals surface area contributed by atoms with Crippen LogP contribution in [0.5, 0.6) is 5.88 Å². The van der Waals surface area contributed by atoms with Crippen LogP contribution in [0.2, 0.25) is 0 Å². The van der Waals surface area contributed by atoms with E-state index in [-0.39, 0.29) is 11.6 Å². The van der Waals surface area contributed by atoms with Crippen molar-refractivity contribution in [3.63, 3.8) is 0 Å². The van der Waals surface area contributed by atoms with Crippen LogP contribution in [0.3, 0.4) is 0 Å². The first kappa shape index (κ1) is 13.9. The number of nitrogens with zero attached hydrogens (tertiary/aromatic N) is 3. The van der Waals surface area contributed by atoms with Crippen molar-refractivity contribution in [3.8, 4) is 5.88 Å². The van der Waals surface area contributed by atoms with E-state index in [1.54, 1.807) is 6.08 Å². The topological polar surface area (TPSA) is 90.2 Å². The highest BCUT2D eigenvalue weighted by molar-refractivity contribution is 5.43. The number of anilines is 1. The maximum atomic E-state index is 10.8. The SMILES string of the molecule is C=CCCOc1nc(NCCC)ncc1[N+](=O)[O-]. The molecule has 18 heavy (non-hydrogen) atoms. The van der Waals surface area contributed by atoms with Gasteiger partial charge >= 0.3 is 5.69 Å². The highest BCUT2D eigenvalue weighted by Gasteiger charge is 2.18. The van der Waals surface area contributed by atoms with Crippen molar-refractivity contribution in [2.24, 2.45) is 0 Å². The maximum absolute atomic E-state index is 10.8. The Kier molecular flexibility index (Phi) is 5.56. The molecule has 7 heteroatoms. The molecule has 1 aromatic rings. The molecule has 0 aliphatic rings. The predicted molar refractivity (Wildman–Crippen MR) is 67.8 cm³/mol. The molecule has 0 atom stereocenters. The van der Waals surface area contributed by atoms with Crippen molar-refractivity contribution in [3.05, 3.63) is 29.0 Å². The van der Waals surface area contributed by atoms with E-state index in [0.29, 0.717) is 25.5 Å². The minimum atomic E-state index is -0.563. The van der Waals surface area contributed by atoms with Gasteiger partial charge in [-0.2, -0.15) is 4.98 Å². The Bertz CT molecular complexity index is 423. The third kappa shape index (κ3) is 4.00. The Morgan fingerprint density at radius 3 is 3.06 bits per heavy atom. The zero-order valence-corrected chi connectivity index (χ0v) is 10.3. The summed E-state index contributed by atoms with van der Waals surface area (Å²) in [6.45, 7) is 6.55. The molecular formula is C11H16N4O3. The average molecular weight is 252 g/mol. The number of rotatable bonds is 8. The first-order chi connectivity index (χ1) is 8.69. The summed E-state index contributed by atoms with van der Waals surface area (Å²) >= 11 is 0. The molecule has 0 saturated heterocycles. The van der Waals surface area contributed by atoms with E-state index in [4.69, 9.17) is 4.74 Å². The fraction of sp³-hybridized carbons (Fsp3) is 0.455. The highest BCUT2D eigenvalue weighted by atomic mass is 16.6. The number of nitro groups is 1. The summed E-state index contributed by atoms with van der Waals surface area (Å²) in [5.74, 6) is 0.312. The molecule has 0 aromatic carbocycles. The Labute approximate surface area is 105 Å². The summed E-state index contributed by atoms with van der Waals surface area (Å²) in [5, 5.41) is 13.7. The lowest BCUT2D eigenvalue weighted by Crippen LogP contribution is -2.08. The van der Waals surface area contributed by atoms with Crippen LogP contribution >= 0.6 is 0 Å². The van der Waals surface area contributed by atoms with Crippen LogP contribution in [0.4, 0.5) is 11.6 Å². The van der Waals surface area contributed by atoms with E-state index >= 15 is 0 Å². The summed E-state index contributed by atoms with van der Waals surface area (Å²) in [6.07, 6.45) is 4.32. The van der Waals surface area contributed by atoms with Crippen LogP contribution in [0.25, 0.3) is 0 Å². The van der Waals surface area contributed by atoms with E-state index in [2.05, 4.69) is 21.9 Å². The second-order valence-corrected chi connectivity index (χ2v) is 3.49. The molecule has 0 fully saturated rings.